The summed E-state index contributed by atoms with van der Waals surface area (Å²) >= 11 is 0. The molecule has 3 N–H and O–H groups in total. The molecule has 1 fully saturated rings. The van der Waals surface area contributed by atoms with Crippen LogP contribution >= 0.6 is 0 Å². The van der Waals surface area contributed by atoms with Crippen molar-refractivity contribution in [3.8, 4) is 0 Å². The summed E-state index contributed by atoms with van der Waals surface area (Å²) in [7, 11) is 0. The lowest BCUT2D eigenvalue weighted by Crippen LogP contribution is -2.36. The number of aliphatic hydroxyl groups is 2. The molecular formula is C14H22N2O3. The zero-order valence-electron chi connectivity index (χ0n) is 11.3. The summed E-state index contributed by atoms with van der Waals surface area (Å²) in [4.78, 5) is 2.27. The van der Waals surface area contributed by atoms with Crippen LogP contribution in [0.1, 0.15) is 5.56 Å². The third-order valence-corrected chi connectivity index (χ3v) is 3.24. The topological polar surface area (TPSA) is 65.0 Å². The number of nitrogens with zero attached hydrogens (tertiary/aromatic N) is 1. The van der Waals surface area contributed by atoms with Crippen molar-refractivity contribution >= 4 is 11.4 Å². The highest BCUT2D eigenvalue weighted by Gasteiger charge is 2.15. The Hall–Kier alpha value is -1.30. The number of aliphatic hydroxyl groups excluding tert-OH is 2. The Kier molecular flexibility index (Phi) is 5.01. The predicted octanol–water partition coefficient (Wildman–Crippen LogP) is 0.597. The molecule has 0 spiro atoms. The molecule has 1 heterocycles. The Bertz CT molecular complexity index is 406. The number of nitrogens with one attached hydrogen (secondary N) is 1. The number of aryl methyl sites for hydroxylation is 1. The first-order chi connectivity index (χ1) is 9.20. The van der Waals surface area contributed by atoms with Crippen molar-refractivity contribution in [1.29, 1.82) is 0 Å². The van der Waals surface area contributed by atoms with E-state index in [0.29, 0.717) is 6.54 Å². The van der Waals surface area contributed by atoms with E-state index >= 15 is 0 Å². The SMILES string of the molecule is Cc1ccc(N2CCOCC2)c(NCC(O)CO)c1. The van der Waals surface area contributed by atoms with Crippen LogP contribution in [0.5, 0.6) is 0 Å². The molecule has 2 rings (SSSR count). The highest BCUT2D eigenvalue weighted by Crippen LogP contribution is 2.27. The molecule has 1 aromatic rings. The van der Waals surface area contributed by atoms with E-state index < -0.39 is 6.10 Å². The van der Waals surface area contributed by atoms with Crippen molar-refractivity contribution in [3.63, 3.8) is 0 Å². The first-order valence-corrected chi connectivity index (χ1v) is 6.67. The molecule has 0 amide bonds. The molecule has 1 saturated heterocycles. The summed E-state index contributed by atoms with van der Waals surface area (Å²) in [5, 5.41) is 21.5. The van der Waals surface area contributed by atoms with E-state index in [-0.39, 0.29) is 6.61 Å². The zero-order chi connectivity index (χ0) is 13.7. The third kappa shape index (κ3) is 3.83. The number of rotatable bonds is 5. The Morgan fingerprint density at radius 1 is 1.37 bits per heavy atom. The molecule has 1 aliphatic heterocycles. The molecule has 1 aromatic carbocycles. The second-order valence-electron chi connectivity index (χ2n) is 4.84. The van der Waals surface area contributed by atoms with E-state index in [1.165, 1.54) is 0 Å². The van der Waals surface area contributed by atoms with Gasteiger partial charge in [0.25, 0.3) is 0 Å². The lowest BCUT2D eigenvalue weighted by molar-refractivity contribution is 0.105. The highest BCUT2D eigenvalue weighted by molar-refractivity contribution is 5.71. The Morgan fingerprint density at radius 2 is 2.11 bits per heavy atom. The summed E-state index contributed by atoms with van der Waals surface area (Å²) in [6.45, 7) is 5.39. The van der Waals surface area contributed by atoms with Crippen molar-refractivity contribution in [1.82, 2.24) is 0 Å². The smallest absolute Gasteiger partial charge is 0.0942 e. The Morgan fingerprint density at radius 3 is 2.79 bits per heavy atom. The molecule has 0 saturated carbocycles. The number of benzene rings is 1. The molecule has 0 bridgehead atoms. The fraction of sp³-hybridized carbons (Fsp3) is 0.571. The van der Waals surface area contributed by atoms with Crippen LogP contribution in [0, 0.1) is 6.92 Å². The Balaban J connectivity index is 2.12. The van der Waals surface area contributed by atoms with Crippen LogP contribution in [0.4, 0.5) is 11.4 Å². The van der Waals surface area contributed by atoms with Gasteiger partial charge in [0.1, 0.15) is 0 Å². The molecule has 5 nitrogen and oxygen atoms in total. The standard InChI is InChI=1S/C14H22N2O3/c1-11-2-3-14(16-4-6-19-7-5-16)13(8-11)15-9-12(18)10-17/h2-3,8,12,15,17-18H,4-7,9-10H2,1H3. The van der Waals surface area contributed by atoms with E-state index in [2.05, 4.69) is 28.4 Å². The maximum atomic E-state index is 9.44. The molecular weight excluding hydrogens is 244 g/mol. The van der Waals surface area contributed by atoms with Crippen molar-refractivity contribution in [3.05, 3.63) is 23.8 Å². The minimum absolute atomic E-state index is 0.230. The van der Waals surface area contributed by atoms with Crippen LogP contribution in [0.15, 0.2) is 18.2 Å². The molecule has 1 aliphatic rings. The lowest BCUT2D eigenvalue weighted by atomic mass is 10.1. The van der Waals surface area contributed by atoms with Gasteiger partial charge in [-0.25, -0.2) is 0 Å². The molecule has 0 radical (unpaired) electrons. The van der Waals surface area contributed by atoms with Crippen LogP contribution < -0.4 is 10.2 Å². The van der Waals surface area contributed by atoms with Crippen LogP contribution in [-0.2, 0) is 4.74 Å². The normalized spacial score (nSPS) is 17.3. The van der Waals surface area contributed by atoms with Crippen LogP contribution in [0.25, 0.3) is 0 Å². The van der Waals surface area contributed by atoms with Gasteiger partial charge in [0.2, 0.25) is 0 Å². The summed E-state index contributed by atoms with van der Waals surface area (Å²) in [5.74, 6) is 0. The van der Waals surface area contributed by atoms with Gasteiger partial charge < -0.3 is 25.2 Å². The van der Waals surface area contributed by atoms with Crippen LogP contribution in [0.2, 0.25) is 0 Å². The van der Waals surface area contributed by atoms with Crippen molar-refractivity contribution in [2.45, 2.75) is 13.0 Å². The van der Waals surface area contributed by atoms with Crippen molar-refractivity contribution < 1.29 is 14.9 Å². The lowest BCUT2D eigenvalue weighted by Gasteiger charge is -2.31. The fourth-order valence-electron chi connectivity index (χ4n) is 2.16. The maximum Gasteiger partial charge on any atom is 0.0942 e. The second-order valence-corrected chi connectivity index (χ2v) is 4.84. The molecule has 1 unspecified atom stereocenters. The van der Waals surface area contributed by atoms with Crippen LogP contribution in [0.3, 0.4) is 0 Å². The average molecular weight is 266 g/mol. The number of ether oxygens (including phenoxy) is 1. The van der Waals surface area contributed by atoms with Gasteiger partial charge in [-0.15, -0.1) is 0 Å². The highest BCUT2D eigenvalue weighted by atomic mass is 16.5. The van der Waals surface area contributed by atoms with E-state index in [0.717, 1.165) is 43.2 Å². The van der Waals surface area contributed by atoms with E-state index in [4.69, 9.17) is 9.84 Å². The molecule has 0 aliphatic carbocycles. The minimum Gasteiger partial charge on any atom is -0.394 e. The van der Waals surface area contributed by atoms with E-state index in [1.54, 1.807) is 0 Å². The quantitative estimate of drug-likeness (QED) is 0.728. The first kappa shape index (κ1) is 14.1. The molecule has 106 valence electrons. The van der Waals surface area contributed by atoms with Gasteiger partial charge >= 0.3 is 0 Å². The molecule has 0 aromatic heterocycles. The number of morpholine rings is 1. The van der Waals surface area contributed by atoms with Gasteiger partial charge in [0.05, 0.1) is 37.3 Å². The average Bonchev–Trinajstić information content (AvgIpc) is 2.45. The second kappa shape index (κ2) is 6.75. The third-order valence-electron chi connectivity index (χ3n) is 3.24. The summed E-state index contributed by atoms with van der Waals surface area (Å²) in [6.07, 6.45) is -0.738. The zero-order valence-corrected chi connectivity index (χ0v) is 11.3. The summed E-state index contributed by atoms with van der Waals surface area (Å²) in [5.41, 5.74) is 3.28. The summed E-state index contributed by atoms with van der Waals surface area (Å²) in [6, 6.07) is 6.24. The van der Waals surface area contributed by atoms with Gasteiger partial charge in [-0.2, -0.15) is 0 Å². The Labute approximate surface area is 113 Å². The van der Waals surface area contributed by atoms with Crippen molar-refractivity contribution in [2.24, 2.45) is 0 Å². The first-order valence-electron chi connectivity index (χ1n) is 6.67. The van der Waals surface area contributed by atoms with Gasteiger partial charge in [0, 0.05) is 19.6 Å². The van der Waals surface area contributed by atoms with E-state index in [1.807, 2.05) is 6.92 Å². The number of anilines is 2. The maximum absolute atomic E-state index is 9.44. The number of hydrogen-bond donors (Lipinski definition) is 3. The van der Waals surface area contributed by atoms with Gasteiger partial charge in [-0.1, -0.05) is 6.07 Å². The largest absolute Gasteiger partial charge is 0.394 e. The molecule has 19 heavy (non-hydrogen) atoms. The summed E-state index contributed by atoms with van der Waals surface area (Å²) < 4.78 is 5.37. The minimum atomic E-state index is -0.738. The van der Waals surface area contributed by atoms with Gasteiger partial charge in [0.15, 0.2) is 0 Å². The predicted molar refractivity (Wildman–Crippen MR) is 75.8 cm³/mol. The van der Waals surface area contributed by atoms with Gasteiger partial charge in [-0.05, 0) is 24.6 Å². The monoisotopic (exact) mass is 266 g/mol. The number of hydrogen-bond acceptors (Lipinski definition) is 5. The fourth-order valence-corrected chi connectivity index (χ4v) is 2.16. The van der Waals surface area contributed by atoms with Crippen molar-refractivity contribution in [2.75, 3.05) is 49.7 Å². The molecule has 1 atom stereocenters. The van der Waals surface area contributed by atoms with E-state index in [9.17, 15) is 5.11 Å². The van der Waals surface area contributed by atoms with Crippen LogP contribution in [-0.4, -0.2) is 55.8 Å². The molecule has 5 heteroatoms. The van der Waals surface area contributed by atoms with Gasteiger partial charge in [-0.3, -0.25) is 0 Å².